The van der Waals surface area contributed by atoms with E-state index in [4.69, 9.17) is 5.73 Å². The van der Waals surface area contributed by atoms with E-state index in [9.17, 15) is 0 Å². The van der Waals surface area contributed by atoms with Gasteiger partial charge in [-0.3, -0.25) is 0 Å². The molecule has 0 bridgehead atoms. The van der Waals surface area contributed by atoms with Crippen molar-refractivity contribution < 1.29 is 0 Å². The van der Waals surface area contributed by atoms with E-state index in [1.54, 1.807) is 0 Å². The van der Waals surface area contributed by atoms with Crippen LogP contribution in [0.1, 0.15) is 19.4 Å². The Balaban J connectivity index is 1.94. The Labute approximate surface area is 119 Å². The summed E-state index contributed by atoms with van der Waals surface area (Å²) >= 11 is 0. The van der Waals surface area contributed by atoms with Crippen molar-refractivity contribution in [2.75, 3.05) is 5.73 Å². The molecule has 2 heterocycles. The van der Waals surface area contributed by atoms with Crippen LogP contribution in [0, 0.1) is 5.92 Å². The molecule has 0 saturated carbocycles. The molecule has 0 radical (unpaired) electrons. The van der Waals surface area contributed by atoms with Crippen LogP contribution in [0.5, 0.6) is 0 Å². The predicted molar refractivity (Wildman–Crippen MR) is 83.6 cm³/mol. The van der Waals surface area contributed by atoms with Crippen molar-refractivity contribution in [3.63, 3.8) is 0 Å². The van der Waals surface area contributed by atoms with E-state index < -0.39 is 0 Å². The quantitative estimate of drug-likeness (QED) is 0.783. The largest absolute Gasteiger partial charge is 0.398 e. The molecule has 3 aromatic rings. The van der Waals surface area contributed by atoms with E-state index in [2.05, 4.69) is 43.1 Å². The maximum Gasteiger partial charge on any atom is 0.137 e. The lowest BCUT2D eigenvalue weighted by atomic mass is 10.0. The summed E-state index contributed by atoms with van der Waals surface area (Å²) in [6, 6.07) is 12.5. The van der Waals surface area contributed by atoms with Gasteiger partial charge in [-0.2, -0.15) is 0 Å². The molecule has 0 aliphatic rings. The molecule has 0 unspecified atom stereocenters. The van der Waals surface area contributed by atoms with Gasteiger partial charge in [-0.15, -0.1) is 0 Å². The summed E-state index contributed by atoms with van der Waals surface area (Å²) < 4.78 is 1.96. The first-order valence-corrected chi connectivity index (χ1v) is 6.95. The van der Waals surface area contributed by atoms with Gasteiger partial charge in [-0.25, -0.2) is 4.98 Å². The first-order chi connectivity index (χ1) is 9.61. The maximum atomic E-state index is 5.79. The fourth-order valence-electron chi connectivity index (χ4n) is 2.43. The smallest absolute Gasteiger partial charge is 0.137 e. The van der Waals surface area contributed by atoms with Gasteiger partial charge >= 0.3 is 0 Å². The van der Waals surface area contributed by atoms with Crippen LogP contribution in [0.4, 0.5) is 5.69 Å². The zero-order chi connectivity index (χ0) is 14.1. The molecule has 2 aromatic heterocycles. The summed E-state index contributed by atoms with van der Waals surface area (Å²) in [5.41, 5.74) is 10.9. The van der Waals surface area contributed by atoms with E-state index in [-0.39, 0.29) is 0 Å². The maximum absolute atomic E-state index is 5.79. The van der Waals surface area contributed by atoms with Gasteiger partial charge in [0.25, 0.3) is 0 Å². The third-order valence-corrected chi connectivity index (χ3v) is 3.37. The lowest BCUT2D eigenvalue weighted by molar-refractivity contribution is 0.647. The average Bonchev–Trinajstić information content (AvgIpc) is 2.81. The first kappa shape index (κ1) is 12.7. The highest BCUT2D eigenvalue weighted by Gasteiger charge is 2.05. The summed E-state index contributed by atoms with van der Waals surface area (Å²) in [5.74, 6) is 0.680. The Bertz CT molecular complexity index is 724. The molecule has 0 atom stereocenters. The minimum atomic E-state index is 0.680. The van der Waals surface area contributed by atoms with E-state index in [0.717, 1.165) is 29.0 Å². The third-order valence-electron chi connectivity index (χ3n) is 3.37. The van der Waals surface area contributed by atoms with Crippen LogP contribution >= 0.6 is 0 Å². The standard InChI is InChI=1S/C17H19N3/c1-12(2)9-13-3-5-14(6-4-13)16-11-20-10-15(18)7-8-17(20)19-16/h3-8,10-12H,9,18H2,1-2H3. The van der Waals surface area contributed by atoms with Crippen molar-refractivity contribution in [2.24, 2.45) is 5.92 Å². The Kier molecular flexibility index (Phi) is 3.18. The van der Waals surface area contributed by atoms with Gasteiger partial charge in [0.15, 0.2) is 0 Å². The van der Waals surface area contributed by atoms with Crippen LogP contribution < -0.4 is 5.73 Å². The van der Waals surface area contributed by atoms with Crippen LogP contribution in [0.2, 0.25) is 0 Å². The summed E-state index contributed by atoms with van der Waals surface area (Å²) in [4.78, 5) is 4.62. The van der Waals surface area contributed by atoms with E-state index in [1.165, 1.54) is 5.56 Å². The van der Waals surface area contributed by atoms with Gasteiger partial charge in [0, 0.05) is 23.6 Å². The second kappa shape index (κ2) is 5.00. The minimum Gasteiger partial charge on any atom is -0.398 e. The molecule has 0 fully saturated rings. The minimum absolute atomic E-state index is 0.680. The van der Waals surface area contributed by atoms with Gasteiger partial charge in [-0.1, -0.05) is 38.1 Å². The highest BCUT2D eigenvalue weighted by atomic mass is 15.0. The van der Waals surface area contributed by atoms with Crippen LogP contribution in [0.25, 0.3) is 16.9 Å². The fraction of sp³-hybridized carbons (Fsp3) is 0.235. The molecule has 1 aromatic carbocycles. The van der Waals surface area contributed by atoms with Crippen LogP contribution in [-0.2, 0) is 6.42 Å². The fourth-order valence-corrected chi connectivity index (χ4v) is 2.43. The molecule has 3 heteroatoms. The number of benzene rings is 1. The Morgan fingerprint density at radius 3 is 2.50 bits per heavy atom. The number of aromatic nitrogens is 2. The summed E-state index contributed by atoms with van der Waals surface area (Å²) in [6.45, 7) is 4.47. The van der Waals surface area contributed by atoms with Crippen molar-refractivity contribution in [2.45, 2.75) is 20.3 Å². The highest BCUT2D eigenvalue weighted by molar-refractivity contribution is 5.63. The number of nitrogen functional groups attached to an aromatic ring is 1. The monoisotopic (exact) mass is 265 g/mol. The Morgan fingerprint density at radius 2 is 1.80 bits per heavy atom. The number of nitrogens with two attached hydrogens (primary N) is 1. The van der Waals surface area contributed by atoms with Gasteiger partial charge < -0.3 is 10.1 Å². The number of anilines is 1. The third kappa shape index (κ3) is 2.52. The SMILES string of the molecule is CC(C)Cc1ccc(-c2cn3cc(N)ccc3n2)cc1. The van der Waals surface area contributed by atoms with Crippen LogP contribution in [0.3, 0.4) is 0 Å². The summed E-state index contributed by atoms with van der Waals surface area (Å²) in [6.07, 6.45) is 5.02. The Hall–Kier alpha value is -2.29. The second-order valence-corrected chi connectivity index (χ2v) is 5.65. The molecule has 0 spiro atoms. The number of hydrogen-bond donors (Lipinski definition) is 1. The molecule has 3 rings (SSSR count). The van der Waals surface area contributed by atoms with Gasteiger partial charge in [0.2, 0.25) is 0 Å². The van der Waals surface area contributed by atoms with Crippen molar-refractivity contribution in [1.29, 1.82) is 0 Å². The number of pyridine rings is 1. The number of hydrogen-bond acceptors (Lipinski definition) is 2. The molecule has 2 N–H and O–H groups in total. The van der Waals surface area contributed by atoms with Gasteiger partial charge in [-0.05, 0) is 30.0 Å². The number of rotatable bonds is 3. The predicted octanol–water partition coefficient (Wildman–Crippen LogP) is 3.78. The molecule has 20 heavy (non-hydrogen) atoms. The van der Waals surface area contributed by atoms with E-state index in [0.29, 0.717) is 5.92 Å². The van der Waals surface area contributed by atoms with Crippen molar-refractivity contribution >= 4 is 11.3 Å². The molecule has 0 aliphatic carbocycles. The molecule has 0 amide bonds. The molecule has 0 saturated heterocycles. The molecule has 3 nitrogen and oxygen atoms in total. The number of fused-ring (bicyclic) bond motifs is 1. The normalized spacial score (nSPS) is 11.3. The average molecular weight is 265 g/mol. The van der Waals surface area contributed by atoms with Gasteiger partial charge in [0.1, 0.15) is 5.65 Å². The molecular formula is C17H19N3. The zero-order valence-electron chi connectivity index (χ0n) is 11.9. The zero-order valence-corrected chi connectivity index (χ0v) is 11.9. The van der Waals surface area contributed by atoms with Crippen molar-refractivity contribution in [3.8, 4) is 11.3 Å². The second-order valence-electron chi connectivity index (χ2n) is 5.65. The van der Waals surface area contributed by atoms with E-state index >= 15 is 0 Å². The molecular weight excluding hydrogens is 246 g/mol. The number of imidazole rings is 1. The van der Waals surface area contributed by atoms with Crippen LogP contribution in [-0.4, -0.2) is 9.38 Å². The first-order valence-electron chi connectivity index (χ1n) is 6.95. The number of nitrogens with zero attached hydrogens (tertiary/aromatic N) is 2. The molecule has 102 valence electrons. The van der Waals surface area contributed by atoms with Crippen LogP contribution in [0.15, 0.2) is 48.8 Å². The molecule has 0 aliphatic heterocycles. The summed E-state index contributed by atoms with van der Waals surface area (Å²) in [5, 5.41) is 0. The van der Waals surface area contributed by atoms with Crippen molar-refractivity contribution in [1.82, 2.24) is 9.38 Å². The van der Waals surface area contributed by atoms with Gasteiger partial charge in [0.05, 0.1) is 5.69 Å². The Morgan fingerprint density at radius 1 is 1.05 bits per heavy atom. The van der Waals surface area contributed by atoms with Crippen molar-refractivity contribution in [3.05, 3.63) is 54.4 Å². The highest BCUT2D eigenvalue weighted by Crippen LogP contribution is 2.21. The lowest BCUT2D eigenvalue weighted by Gasteiger charge is -2.05. The summed E-state index contributed by atoms with van der Waals surface area (Å²) in [7, 11) is 0. The topological polar surface area (TPSA) is 43.3 Å². The van der Waals surface area contributed by atoms with E-state index in [1.807, 2.05) is 28.9 Å². The lowest BCUT2D eigenvalue weighted by Crippen LogP contribution is -1.93.